The number of benzene rings is 1. The number of pyridine rings is 1. The van der Waals surface area contributed by atoms with E-state index in [1.807, 2.05) is 20.0 Å². The molecule has 1 aromatic carbocycles. The van der Waals surface area contributed by atoms with Gasteiger partial charge in [-0.05, 0) is 74.3 Å². The highest BCUT2D eigenvalue weighted by Crippen LogP contribution is 2.44. The Balaban J connectivity index is 1.65. The Hall–Kier alpha value is -1.59. The van der Waals surface area contributed by atoms with Crippen LogP contribution < -0.4 is 0 Å². The molecule has 2 bridgehead atoms. The number of thioether (sulfide) groups is 1. The van der Waals surface area contributed by atoms with Gasteiger partial charge in [-0.3, -0.25) is 14.7 Å². The summed E-state index contributed by atoms with van der Waals surface area (Å²) in [6.45, 7) is 10.4. The van der Waals surface area contributed by atoms with E-state index in [0.717, 1.165) is 47.8 Å². The second-order valence-corrected chi connectivity index (χ2v) is 10.9. The van der Waals surface area contributed by atoms with Crippen molar-refractivity contribution in [2.45, 2.75) is 59.1 Å². The number of hydrogen-bond acceptors (Lipinski definition) is 5. The number of hydrogen-bond donors (Lipinski definition) is 0. The molecule has 3 aliphatic rings. The molecular weight excluding hydrogens is 404 g/mol. The number of ether oxygens (including phenoxy) is 1. The number of carbonyl (C=O) groups excluding carboxylic acids is 1. The predicted octanol–water partition coefficient (Wildman–Crippen LogP) is 5.64. The minimum atomic E-state index is -0.240. The van der Waals surface area contributed by atoms with Gasteiger partial charge in [0.25, 0.3) is 0 Å². The highest BCUT2D eigenvalue weighted by atomic mass is 32.2. The first kappa shape index (κ1) is 22.6. The van der Waals surface area contributed by atoms with E-state index in [1.54, 1.807) is 0 Å². The normalized spacial score (nSPS) is 26.4. The maximum atomic E-state index is 12.8. The molecule has 0 spiro atoms. The molecule has 4 nitrogen and oxygen atoms in total. The van der Waals surface area contributed by atoms with Crippen molar-refractivity contribution >= 4 is 28.6 Å². The van der Waals surface area contributed by atoms with E-state index in [9.17, 15) is 4.79 Å². The second-order valence-electron chi connectivity index (χ2n) is 9.53. The summed E-state index contributed by atoms with van der Waals surface area (Å²) in [5.74, 6) is 3.74. The van der Waals surface area contributed by atoms with Gasteiger partial charge in [0, 0.05) is 23.7 Å². The molecule has 5 atom stereocenters. The molecule has 4 heterocycles. The summed E-state index contributed by atoms with van der Waals surface area (Å²) in [5.41, 5.74) is 3.28. The number of piperidine rings is 3. The largest absolute Gasteiger partial charge is 0.456 e. The number of nitrogens with zero attached hydrogens (tertiary/aromatic N) is 2. The van der Waals surface area contributed by atoms with Crippen molar-refractivity contribution in [2.75, 3.05) is 24.6 Å². The fourth-order valence-electron chi connectivity index (χ4n) is 5.34. The van der Waals surface area contributed by atoms with Crippen molar-refractivity contribution in [1.29, 1.82) is 0 Å². The van der Waals surface area contributed by atoms with Crippen molar-refractivity contribution in [3.63, 3.8) is 0 Å². The van der Waals surface area contributed by atoms with Crippen molar-refractivity contribution < 1.29 is 9.53 Å². The van der Waals surface area contributed by atoms with Crippen LogP contribution in [0.2, 0.25) is 0 Å². The Labute approximate surface area is 191 Å². The Morgan fingerprint density at radius 1 is 1.32 bits per heavy atom. The van der Waals surface area contributed by atoms with Gasteiger partial charge in [-0.1, -0.05) is 32.4 Å². The maximum absolute atomic E-state index is 12.8. The minimum Gasteiger partial charge on any atom is -0.456 e. The Kier molecular flexibility index (Phi) is 7.22. The van der Waals surface area contributed by atoms with Crippen LogP contribution in [0.3, 0.4) is 0 Å². The van der Waals surface area contributed by atoms with Crippen LogP contribution in [-0.2, 0) is 9.53 Å². The topological polar surface area (TPSA) is 42.4 Å². The SMILES string of the molecule is CCSCCC1CN2CCC1C[C@H]2C(OC(=O)C(C)C)c1ccnc2ccc(C)cc12. The second kappa shape index (κ2) is 9.91. The van der Waals surface area contributed by atoms with Gasteiger partial charge in [-0.2, -0.15) is 11.8 Å². The molecule has 0 saturated carbocycles. The molecule has 31 heavy (non-hydrogen) atoms. The van der Waals surface area contributed by atoms with Crippen LogP contribution in [0.5, 0.6) is 0 Å². The Morgan fingerprint density at radius 3 is 2.87 bits per heavy atom. The standard InChI is InChI=1S/C26H36N2O2S/c1-5-31-13-10-20-16-28-12-9-19(20)15-24(28)25(30-26(29)17(2)3)21-8-11-27-23-7-6-18(4)14-22(21)23/h6-8,11,14,17,19-20,24-25H,5,9-10,12-13,15-16H2,1-4H3/t19?,20?,24-,25?/m0/s1. The lowest BCUT2D eigenvalue weighted by atomic mass is 9.72. The molecule has 1 aromatic heterocycles. The lowest BCUT2D eigenvalue weighted by molar-refractivity contribution is -0.161. The van der Waals surface area contributed by atoms with Crippen LogP contribution in [0.15, 0.2) is 30.5 Å². The van der Waals surface area contributed by atoms with E-state index < -0.39 is 0 Å². The van der Waals surface area contributed by atoms with Crippen LogP contribution in [-0.4, -0.2) is 46.5 Å². The van der Waals surface area contributed by atoms with Crippen molar-refractivity contribution in [3.05, 3.63) is 41.6 Å². The van der Waals surface area contributed by atoms with E-state index in [4.69, 9.17) is 4.74 Å². The fourth-order valence-corrected chi connectivity index (χ4v) is 6.10. The molecule has 0 amide bonds. The van der Waals surface area contributed by atoms with E-state index in [1.165, 1.54) is 29.9 Å². The summed E-state index contributed by atoms with van der Waals surface area (Å²) >= 11 is 2.05. The molecule has 0 N–H and O–H groups in total. The van der Waals surface area contributed by atoms with Gasteiger partial charge in [-0.25, -0.2) is 0 Å². The molecule has 3 fully saturated rings. The zero-order valence-electron chi connectivity index (χ0n) is 19.3. The average molecular weight is 441 g/mol. The third-order valence-corrected chi connectivity index (χ3v) is 8.01. The average Bonchev–Trinajstić information content (AvgIpc) is 2.77. The van der Waals surface area contributed by atoms with Gasteiger partial charge in [0.05, 0.1) is 17.5 Å². The van der Waals surface area contributed by atoms with Crippen LogP contribution in [0, 0.1) is 24.7 Å². The first-order valence-electron chi connectivity index (χ1n) is 11.9. The fraction of sp³-hybridized carbons (Fsp3) is 0.615. The number of aromatic nitrogens is 1. The van der Waals surface area contributed by atoms with E-state index in [2.05, 4.69) is 59.8 Å². The number of aryl methyl sites for hydroxylation is 1. The Morgan fingerprint density at radius 2 is 2.16 bits per heavy atom. The van der Waals surface area contributed by atoms with Gasteiger partial charge in [0.15, 0.2) is 0 Å². The third-order valence-electron chi connectivity index (χ3n) is 7.07. The molecular formula is C26H36N2O2S. The number of carbonyl (C=O) groups is 1. The first-order valence-corrected chi connectivity index (χ1v) is 13.0. The lowest BCUT2D eigenvalue weighted by Crippen LogP contribution is -2.56. The van der Waals surface area contributed by atoms with Gasteiger partial charge in [0.2, 0.25) is 0 Å². The van der Waals surface area contributed by atoms with Crippen LogP contribution in [0.4, 0.5) is 0 Å². The van der Waals surface area contributed by atoms with E-state index >= 15 is 0 Å². The van der Waals surface area contributed by atoms with Crippen molar-refractivity contribution in [3.8, 4) is 0 Å². The number of rotatable bonds is 8. The zero-order valence-corrected chi connectivity index (χ0v) is 20.2. The first-order chi connectivity index (χ1) is 15.0. The smallest absolute Gasteiger partial charge is 0.309 e. The Bertz CT molecular complexity index is 915. The summed E-state index contributed by atoms with van der Waals surface area (Å²) in [7, 11) is 0. The van der Waals surface area contributed by atoms with E-state index in [0.29, 0.717) is 0 Å². The molecule has 0 aliphatic carbocycles. The lowest BCUT2D eigenvalue weighted by Gasteiger charge is -2.52. The summed E-state index contributed by atoms with van der Waals surface area (Å²) in [6.07, 6.45) is 5.33. The molecule has 168 valence electrons. The van der Waals surface area contributed by atoms with E-state index in [-0.39, 0.29) is 24.0 Å². The summed E-state index contributed by atoms with van der Waals surface area (Å²) < 4.78 is 6.26. The van der Waals surface area contributed by atoms with Gasteiger partial charge in [0.1, 0.15) is 6.10 Å². The van der Waals surface area contributed by atoms with Crippen LogP contribution in [0.25, 0.3) is 10.9 Å². The van der Waals surface area contributed by atoms with Crippen molar-refractivity contribution in [1.82, 2.24) is 9.88 Å². The monoisotopic (exact) mass is 440 g/mol. The molecule has 2 aromatic rings. The number of fused-ring (bicyclic) bond motifs is 4. The summed E-state index contributed by atoms with van der Waals surface area (Å²) in [5, 5.41) is 1.11. The van der Waals surface area contributed by atoms with Crippen molar-refractivity contribution in [2.24, 2.45) is 17.8 Å². The van der Waals surface area contributed by atoms with Crippen LogP contribution in [0.1, 0.15) is 57.3 Å². The van der Waals surface area contributed by atoms with Gasteiger partial charge in [-0.15, -0.1) is 0 Å². The molecule has 3 aliphatic heterocycles. The summed E-state index contributed by atoms with van der Waals surface area (Å²) in [6, 6.07) is 8.68. The van der Waals surface area contributed by atoms with Gasteiger partial charge < -0.3 is 4.74 Å². The zero-order chi connectivity index (χ0) is 22.0. The maximum Gasteiger partial charge on any atom is 0.309 e. The molecule has 3 saturated heterocycles. The number of esters is 1. The van der Waals surface area contributed by atoms with Crippen LogP contribution >= 0.6 is 11.8 Å². The molecule has 4 unspecified atom stereocenters. The highest BCUT2D eigenvalue weighted by molar-refractivity contribution is 7.99. The third kappa shape index (κ3) is 4.93. The molecule has 5 heteroatoms. The quantitative estimate of drug-likeness (QED) is 0.393. The molecule has 5 rings (SSSR count). The van der Waals surface area contributed by atoms with Gasteiger partial charge >= 0.3 is 5.97 Å². The summed E-state index contributed by atoms with van der Waals surface area (Å²) in [4.78, 5) is 19.9. The highest BCUT2D eigenvalue weighted by Gasteiger charge is 2.45. The minimum absolute atomic E-state index is 0.110. The molecule has 0 radical (unpaired) electrons. The predicted molar refractivity (Wildman–Crippen MR) is 129 cm³/mol.